The lowest BCUT2D eigenvalue weighted by molar-refractivity contribution is -0.144. The normalized spacial score (nSPS) is 22.0. The predicted octanol–water partition coefficient (Wildman–Crippen LogP) is 10.1. The summed E-state index contributed by atoms with van der Waals surface area (Å²) >= 11 is 0.545. The lowest BCUT2D eigenvalue weighted by atomic mass is 9.78. The third-order valence-electron chi connectivity index (χ3n) is 9.14. The van der Waals surface area contributed by atoms with E-state index >= 15 is 0 Å². The molecule has 1 aromatic heterocycles. The number of carboxylic acid groups (broad SMARTS) is 1. The number of hydrogen-bond acceptors (Lipinski definition) is 5. The van der Waals surface area contributed by atoms with Gasteiger partial charge in [0, 0.05) is 24.1 Å². The van der Waals surface area contributed by atoms with Gasteiger partial charge in [0.05, 0.1) is 41.6 Å². The molecular weight excluding hydrogens is 684 g/mol. The van der Waals surface area contributed by atoms with E-state index in [-0.39, 0.29) is 29.8 Å². The van der Waals surface area contributed by atoms with Gasteiger partial charge in [-0.05, 0) is 86.1 Å². The van der Waals surface area contributed by atoms with E-state index in [4.69, 9.17) is 4.74 Å². The highest BCUT2D eigenvalue weighted by molar-refractivity contribution is 8.14. The van der Waals surface area contributed by atoms with Crippen LogP contribution in [0.4, 0.5) is 39.9 Å². The molecule has 0 unspecified atom stereocenters. The van der Waals surface area contributed by atoms with Crippen LogP contribution in [-0.4, -0.2) is 39.4 Å². The molecule has 2 atom stereocenters. The number of carbonyl (C=O) groups excluding carboxylic acids is 1. The second kappa shape index (κ2) is 13.4. The molecule has 1 saturated heterocycles. The Labute approximate surface area is 280 Å². The molecule has 1 saturated carbocycles. The molecule has 49 heavy (non-hydrogen) atoms. The number of nitrogens with zero attached hydrogens (tertiary/aromatic N) is 2. The van der Waals surface area contributed by atoms with E-state index in [9.17, 15) is 49.8 Å². The first-order valence-corrected chi connectivity index (χ1v) is 16.2. The molecule has 1 N–H and O–H groups in total. The van der Waals surface area contributed by atoms with Gasteiger partial charge in [0.1, 0.15) is 11.4 Å². The summed E-state index contributed by atoms with van der Waals surface area (Å²) in [6, 6.07) is 8.12. The second-order valence-electron chi connectivity index (χ2n) is 12.4. The lowest BCUT2D eigenvalue weighted by Gasteiger charge is -2.28. The van der Waals surface area contributed by atoms with Crippen molar-refractivity contribution in [3.63, 3.8) is 0 Å². The smallest absolute Gasteiger partial charge is 0.416 e. The molecule has 264 valence electrons. The van der Waals surface area contributed by atoms with Gasteiger partial charge >= 0.3 is 18.3 Å². The molecule has 2 fully saturated rings. The molecule has 0 radical (unpaired) electrons. The fourth-order valence-electron chi connectivity index (χ4n) is 6.44. The summed E-state index contributed by atoms with van der Waals surface area (Å²) in [5.41, 5.74) is -2.31. The Morgan fingerprint density at radius 1 is 0.898 bits per heavy atom. The van der Waals surface area contributed by atoms with Crippen LogP contribution in [0.15, 0.2) is 48.5 Å². The fraction of sp³-hybridized carbons (Fsp3) is 0.441. The Morgan fingerprint density at radius 2 is 1.51 bits per heavy atom. The standard InChI is InChI=1S/C34H32F8N2O4S/c1-17-29(21-12-22(33(37,38)39)15-23(13-21)34(40,41)42)49-31(47)44(17)16-26-24(9-11-28(43-26)32(2,35)36)25-14-20(8-10-27(25)48-3)18-4-6-19(7-5-18)30(45)46/h8-15,17-19,29H,4-7,16H2,1-3H3,(H,45,46)/t17-,18?,19?,29-/m0/s1. The van der Waals surface area contributed by atoms with E-state index in [0.29, 0.717) is 73.4 Å². The fourth-order valence-corrected chi connectivity index (χ4v) is 7.64. The summed E-state index contributed by atoms with van der Waals surface area (Å²) in [4.78, 5) is 30.2. The number of amides is 1. The predicted molar refractivity (Wildman–Crippen MR) is 165 cm³/mol. The number of aromatic nitrogens is 1. The van der Waals surface area contributed by atoms with Crippen LogP contribution in [0.2, 0.25) is 0 Å². The number of carbonyl (C=O) groups is 2. The molecular formula is C34H32F8N2O4S. The van der Waals surface area contributed by atoms with Gasteiger partial charge in [-0.15, -0.1) is 0 Å². The molecule has 0 bridgehead atoms. The minimum Gasteiger partial charge on any atom is -0.496 e. The van der Waals surface area contributed by atoms with Crippen LogP contribution >= 0.6 is 11.8 Å². The van der Waals surface area contributed by atoms with Crippen LogP contribution in [0.25, 0.3) is 11.1 Å². The zero-order chi connectivity index (χ0) is 36.1. The van der Waals surface area contributed by atoms with E-state index in [1.54, 1.807) is 6.07 Å². The number of thioether (sulfide) groups is 1. The molecule has 15 heteroatoms. The Balaban J connectivity index is 1.53. The number of halogens is 8. The molecule has 2 aliphatic rings. The Morgan fingerprint density at radius 3 is 2.04 bits per heavy atom. The maximum Gasteiger partial charge on any atom is 0.416 e. The van der Waals surface area contributed by atoms with Crippen molar-refractivity contribution in [3.8, 4) is 16.9 Å². The Hall–Kier alpha value is -3.88. The molecule has 5 rings (SSSR count). The van der Waals surface area contributed by atoms with E-state index in [2.05, 4.69) is 4.98 Å². The largest absolute Gasteiger partial charge is 0.496 e. The summed E-state index contributed by atoms with van der Waals surface area (Å²) in [7, 11) is 1.41. The third-order valence-corrected chi connectivity index (χ3v) is 10.5. The first kappa shape index (κ1) is 36.4. The summed E-state index contributed by atoms with van der Waals surface area (Å²) in [5.74, 6) is -4.30. The topological polar surface area (TPSA) is 79.7 Å². The number of hydrogen-bond donors (Lipinski definition) is 1. The Bertz CT molecular complexity index is 1700. The SMILES string of the molecule is COc1ccc(C2CCC(C(=O)O)CC2)cc1-c1ccc(C(C)(F)F)nc1CN1C(=O)S[C@H](c2cc(C(F)(F)F)cc(C(F)(F)F)c2)[C@@H]1C. The van der Waals surface area contributed by atoms with Crippen LogP contribution in [0.1, 0.15) is 84.3 Å². The van der Waals surface area contributed by atoms with E-state index in [0.717, 1.165) is 11.6 Å². The lowest BCUT2D eigenvalue weighted by Crippen LogP contribution is -2.32. The first-order chi connectivity index (χ1) is 22.8. The van der Waals surface area contributed by atoms with E-state index < -0.39 is 63.5 Å². The molecule has 2 heterocycles. The maximum absolute atomic E-state index is 14.5. The van der Waals surface area contributed by atoms with Gasteiger partial charge < -0.3 is 14.7 Å². The highest BCUT2D eigenvalue weighted by Gasteiger charge is 2.43. The molecule has 2 aromatic carbocycles. The van der Waals surface area contributed by atoms with Crippen molar-refractivity contribution in [2.75, 3.05) is 7.11 Å². The first-order valence-electron chi connectivity index (χ1n) is 15.3. The average molecular weight is 717 g/mol. The van der Waals surface area contributed by atoms with Gasteiger partial charge in [0.2, 0.25) is 0 Å². The molecule has 3 aromatic rings. The van der Waals surface area contributed by atoms with Crippen LogP contribution in [0.3, 0.4) is 0 Å². The number of methoxy groups -OCH3 is 1. The minimum absolute atomic E-state index is 0.0132. The van der Waals surface area contributed by atoms with Crippen LogP contribution in [-0.2, 0) is 29.6 Å². The number of benzene rings is 2. The summed E-state index contributed by atoms with van der Waals surface area (Å²) in [5, 5.41) is 7.57. The molecule has 1 aliphatic heterocycles. The second-order valence-corrected chi connectivity index (χ2v) is 13.5. The van der Waals surface area contributed by atoms with Crippen molar-refractivity contribution in [2.24, 2.45) is 5.92 Å². The zero-order valence-electron chi connectivity index (χ0n) is 26.5. The molecule has 0 spiro atoms. The highest BCUT2D eigenvalue weighted by atomic mass is 32.2. The minimum atomic E-state index is -5.08. The van der Waals surface area contributed by atoms with Gasteiger partial charge in [-0.1, -0.05) is 23.9 Å². The summed E-state index contributed by atoms with van der Waals surface area (Å²) in [6.07, 6.45) is -7.98. The summed E-state index contributed by atoms with van der Waals surface area (Å²) < 4.78 is 116. The molecule has 1 amide bonds. The van der Waals surface area contributed by atoms with Gasteiger partial charge in [0.15, 0.2) is 0 Å². The monoisotopic (exact) mass is 716 g/mol. The number of ether oxygens (including phenoxy) is 1. The van der Waals surface area contributed by atoms with Gasteiger partial charge in [-0.2, -0.15) is 35.1 Å². The zero-order valence-corrected chi connectivity index (χ0v) is 27.3. The van der Waals surface area contributed by atoms with Gasteiger partial charge in [0.25, 0.3) is 11.2 Å². The maximum atomic E-state index is 14.5. The number of rotatable bonds is 8. The van der Waals surface area contributed by atoms with Crippen molar-refractivity contribution in [2.45, 2.75) is 81.6 Å². The highest BCUT2D eigenvalue weighted by Crippen LogP contribution is 2.48. The van der Waals surface area contributed by atoms with Crippen LogP contribution < -0.4 is 4.74 Å². The molecule has 1 aliphatic carbocycles. The van der Waals surface area contributed by atoms with Crippen molar-refractivity contribution >= 4 is 23.0 Å². The van der Waals surface area contributed by atoms with Crippen LogP contribution in [0.5, 0.6) is 5.75 Å². The number of carboxylic acids is 1. The average Bonchev–Trinajstić information content (AvgIpc) is 3.31. The van der Waals surface area contributed by atoms with Crippen molar-refractivity contribution < 1.29 is 54.6 Å². The number of aliphatic carboxylic acids is 1. The number of alkyl halides is 8. The van der Waals surface area contributed by atoms with Crippen LogP contribution in [0, 0.1) is 5.92 Å². The van der Waals surface area contributed by atoms with Crippen molar-refractivity contribution in [1.82, 2.24) is 9.88 Å². The van der Waals surface area contributed by atoms with Gasteiger partial charge in [-0.25, -0.2) is 4.98 Å². The quantitative estimate of drug-likeness (QED) is 0.234. The number of pyridine rings is 1. The molecule has 6 nitrogen and oxygen atoms in total. The van der Waals surface area contributed by atoms with E-state index in [1.807, 2.05) is 12.1 Å². The van der Waals surface area contributed by atoms with Crippen molar-refractivity contribution in [1.29, 1.82) is 0 Å². The van der Waals surface area contributed by atoms with Crippen molar-refractivity contribution in [3.05, 3.63) is 82.2 Å². The third kappa shape index (κ3) is 7.81. The van der Waals surface area contributed by atoms with Gasteiger partial charge in [-0.3, -0.25) is 9.59 Å². The summed E-state index contributed by atoms with van der Waals surface area (Å²) in [6.45, 7) is 1.72. The van der Waals surface area contributed by atoms with E-state index in [1.165, 1.54) is 25.0 Å². The Kier molecular flexibility index (Phi) is 9.99.